The van der Waals surface area contributed by atoms with E-state index in [1.807, 2.05) is 6.07 Å². The Morgan fingerprint density at radius 3 is 2.40 bits per heavy atom. The maximum Gasteiger partial charge on any atom is 0.191 e. The topological polar surface area (TPSA) is 52.6 Å². The zero-order valence-corrected chi connectivity index (χ0v) is 19.1. The molecular formula is C18H33ClIN5. The lowest BCUT2D eigenvalue weighted by Crippen LogP contribution is -2.41. The Labute approximate surface area is 175 Å². The standard InChI is InChI=1S/C18H32ClN5.HI/c1-6-20-18(23-13-16-8-9-17(19)22-12-16)21-10-7-11-24(14(2)3)15(4)5;/h8-9,12,14-15H,6-7,10-11,13H2,1-5H3,(H2,20,21,23);1H. The second kappa shape index (κ2) is 13.6. The maximum absolute atomic E-state index is 5.80. The fourth-order valence-electron chi connectivity index (χ4n) is 2.59. The Bertz CT molecular complexity index is 483. The lowest BCUT2D eigenvalue weighted by atomic mass is 10.2. The van der Waals surface area contributed by atoms with Gasteiger partial charge in [-0.25, -0.2) is 9.98 Å². The Morgan fingerprint density at radius 2 is 1.88 bits per heavy atom. The Morgan fingerprint density at radius 1 is 1.20 bits per heavy atom. The van der Waals surface area contributed by atoms with Gasteiger partial charge in [0.2, 0.25) is 0 Å². The SMILES string of the molecule is CCNC(=NCc1ccc(Cl)nc1)NCCCN(C(C)C)C(C)C.I. The lowest BCUT2D eigenvalue weighted by molar-refractivity contribution is 0.173. The second-order valence-electron chi connectivity index (χ2n) is 6.39. The zero-order chi connectivity index (χ0) is 17.9. The summed E-state index contributed by atoms with van der Waals surface area (Å²) in [7, 11) is 0. The molecule has 0 aliphatic carbocycles. The van der Waals surface area contributed by atoms with Crippen LogP contribution >= 0.6 is 35.6 Å². The van der Waals surface area contributed by atoms with Crippen molar-refractivity contribution < 1.29 is 0 Å². The normalized spacial score (nSPS) is 11.8. The summed E-state index contributed by atoms with van der Waals surface area (Å²) in [6.45, 7) is 14.5. The molecule has 5 nitrogen and oxygen atoms in total. The third-order valence-corrected chi connectivity index (χ3v) is 3.99. The molecule has 0 spiro atoms. The molecule has 0 bridgehead atoms. The summed E-state index contributed by atoms with van der Waals surface area (Å²) in [5, 5.41) is 7.19. The highest BCUT2D eigenvalue weighted by molar-refractivity contribution is 14.0. The minimum atomic E-state index is 0. The molecule has 25 heavy (non-hydrogen) atoms. The smallest absolute Gasteiger partial charge is 0.191 e. The number of nitrogens with one attached hydrogen (secondary N) is 2. The Hall–Kier alpha value is -0.600. The van der Waals surface area contributed by atoms with Gasteiger partial charge in [0.15, 0.2) is 5.96 Å². The van der Waals surface area contributed by atoms with E-state index in [0.717, 1.165) is 37.6 Å². The molecule has 0 unspecified atom stereocenters. The first-order valence-corrected chi connectivity index (χ1v) is 9.20. The highest BCUT2D eigenvalue weighted by atomic mass is 127. The van der Waals surface area contributed by atoms with Crippen LogP contribution < -0.4 is 10.6 Å². The predicted octanol–water partition coefficient (Wildman–Crippen LogP) is 3.92. The van der Waals surface area contributed by atoms with Gasteiger partial charge in [0.05, 0.1) is 6.54 Å². The third kappa shape index (κ3) is 10.2. The Balaban J connectivity index is 0.00000576. The molecule has 7 heteroatoms. The van der Waals surface area contributed by atoms with Crippen molar-refractivity contribution in [2.75, 3.05) is 19.6 Å². The lowest BCUT2D eigenvalue weighted by Gasteiger charge is -2.30. The monoisotopic (exact) mass is 481 g/mol. The van der Waals surface area contributed by atoms with Gasteiger partial charge in [0.25, 0.3) is 0 Å². The Kier molecular flexibility index (Phi) is 13.3. The molecule has 0 saturated carbocycles. The van der Waals surface area contributed by atoms with Gasteiger partial charge in [0.1, 0.15) is 5.15 Å². The molecule has 1 aromatic heterocycles. The van der Waals surface area contributed by atoms with E-state index in [2.05, 4.69) is 60.1 Å². The van der Waals surface area contributed by atoms with Gasteiger partial charge in [-0.05, 0) is 52.7 Å². The van der Waals surface area contributed by atoms with Crippen LogP contribution in [0.25, 0.3) is 0 Å². The van der Waals surface area contributed by atoms with E-state index in [4.69, 9.17) is 11.6 Å². The number of halogens is 2. The number of hydrogen-bond acceptors (Lipinski definition) is 3. The molecule has 0 amide bonds. The van der Waals surface area contributed by atoms with Crippen molar-refractivity contribution in [3.63, 3.8) is 0 Å². The summed E-state index contributed by atoms with van der Waals surface area (Å²) >= 11 is 5.80. The number of guanidine groups is 1. The number of rotatable bonds is 9. The van der Waals surface area contributed by atoms with Crippen LogP contribution in [0, 0.1) is 0 Å². The summed E-state index contributed by atoms with van der Waals surface area (Å²) in [6.07, 6.45) is 2.85. The highest BCUT2D eigenvalue weighted by Crippen LogP contribution is 2.06. The predicted molar refractivity (Wildman–Crippen MR) is 119 cm³/mol. The van der Waals surface area contributed by atoms with E-state index in [0.29, 0.717) is 23.8 Å². The van der Waals surface area contributed by atoms with Gasteiger partial charge in [0, 0.05) is 37.9 Å². The van der Waals surface area contributed by atoms with Gasteiger partial charge in [-0.3, -0.25) is 4.90 Å². The quantitative estimate of drug-likeness (QED) is 0.185. The first kappa shape index (κ1) is 24.4. The zero-order valence-electron chi connectivity index (χ0n) is 16.1. The van der Waals surface area contributed by atoms with Crippen molar-refractivity contribution in [1.82, 2.24) is 20.5 Å². The molecule has 0 radical (unpaired) electrons. The first-order valence-electron chi connectivity index (χ1n) is 8.82. The van der Waals surface area contributed by atoms with E-state index < -0.39 is 0 Å². The summed E-state index contributed by atoms with van der Waals surface area (Å²) in [4.78, 5) is 11.2. The van der Waals surface area contributed by atoms with Crippen molar-refractivity contribution in [2.45, 2.75) is 59.7 Å². The van der Waals surface area contributed by atoms with Gasteiger partial charge < -0.3 is 10.6 Å². The molecule has 0 aromatic carbocycles. The fourth-order valence-corrected chi connectivity index (χ4v) is 2.70. The number of nitrogens with zero attached hydrogens (tertiary/aromatic N) is 3. The molecule has 0 saturated heterocycles. The molecular weight excluding hydrogens is 449 g/mol. The molecule has 1 rings (SSSR count). The van der Waals surface area contributed by atoms with Crippen LogP contribution in [-0.2, 0) is 6.54 Å². The largest absolute Gasteiger partial charge is 0.357 e. The van der Waals surface area contributed by atoms with E-state index in [9.17, 15) is 0 Å². The fraction of sp³-hybridized carbons (Fsp3) is 0.667. The number of pyridine rings is 1. The van der Waals surface area contributed by atoms with Crippen LogP contribution in [0.5, 0.6) is 0 Å². The minimum Gasteiger partial charge on any atom is -0.357 e. The summed E-state index contributed by atoms with van der Waals surface area (Å²) in [6, 6.07) is 4.89. The molecule has 2 N–H and O–H groups in total. The van der Waals surface area contributed by atoms with Crippen molar-refractivity contribution in [2.24, 2.45) is 4.99 Å². The second-order valence-corrected chi connectivity index (χ2v) is 6.78. The molecule has 0 aliphatic heterocycles. The molecule has 144 valence electrons. The summed E-state index contributed by atoms with van der Waals surface area (Å²) in [5.74, 6) is 0.841. The highest BCUT2D eigenvalue weighted by Gasteiger charge is 2.12. The van der Waals surface area contributed by atoms with Crippen LogP contribution in [0.4, 0.5) is 0 Å². The summed E-state index contributed by atoms with van der Waals surface area (Å²) < 4.78 is 0. The summed E-state index contributed by atoms with van der Waals surface area (Å²) in [5.41, 5.74) is 1.04. The van der Waals surface area contributed by atoms with E-state index in [-0.39, 0.29) is 24.0 Å². The number of hydrogen-bond donors (Lipinski definition) is 2. The van der Waals surface area contributed by atoms with Crippen LogP contribution in [0.3, 0.4) is 0 Å². The van der Waals surface area contributed by atoms with Gasteiger partial charge in [-0.1, -0.05) is 17.7 Å². The van der Waals surface area contributed by atoms with Crippen molar-refractivity contribution >= 4 is 41.5 Å². The van der Waals surface area contributed by atoms with Crippen molar-refractivity contribution in [3.8, 4) is 0 Å². The van der Waals surface area contributed by atoms with Crippen LogP contribution in [0.15, 0.2) is 23.3 Å². The van der Waals surface area contributed by atoms with Gasteiger partial charge in [-0.15, -0.1) is 24.0 Å². The third-order valence-electron chi connectivity index (χ3n) is 3.76. The van der Waals surface area contributed by atoms with Crippen molar-refractivity contribution in [3.05, 3.63) is 29.0 Å². The van der Waals surface area contributed by atoms with Gasteiger partial charge in [-0.2, -0.15) is 0 Å². The van der Waals surface area contributed by atoms with Crippen LogP contribution in [0.2, 0.25) is 5.15 Å². The van der Waals surface area contributed by atoms with E-state index in [1.165, 1.54) is 0 Å². The first-order chi connectivity index (χ1) is 11.4. The molecule has 1 heterocycles. The molecule has 0 aliphatic rings. The minimum absolute atomic E-state index is 0. The van der Waals surface area contributed by atoms with Gasteiger partial charge >= 0.3 is 0 Å². The average Bonchev–Trinajstić information content (AvgIpc) is 2.53. The van der Waals surface area contributed by atoms with Crippen LogP contribution in [-0.4, -0.2) is 47.6 Å². The van der Waals surface area contributed by atoms with Crippen LogP contribution in [0.1, 0.15) is 46.6 Å². The van der Waals surface area contributed by atoms with Crippen molar-refractivity contribution in [1.29, 1.82) is 0 Å². The average molecular weight is 482 g/mol. The molecule has 0 atom stereocenters. The van der Waals surface area contributed by atoms with E-state index >= 15 is 0 Å². The molecule has 0 fully saturated rings. The number of aliphatic imine (C=N–C) groups is 1. The number of aromatic nitrogens is 1. The maximum atomic E-state index is 5.80. The van der Waals surface area contributed by atoms with E-state index in [1.54, 1.807) is 12.3 Å². The molecule has 1 aromatic rings.